The molecular formula is C11H18N2O2. The second-order valence-electron chi connectivity index (χ2n) is 4.83. The number of hydrogen-bond acceptors (Lipinski definition) is 3. The minimum atomic E-state index is -0.906. The van der Waals surface area contributed by atoms with Gasteiger partial charge >= 0.3 is 0 Å². The van der Waals surface area contributed by atoms with Crippen molar-refractivity contribution in [1.29, 1.82) is 5.26 Å². The van der Waals surface area contributed by atoms with Gasteiger partial charge in [-0.2, -0.15) is 5.26 Å². The normalized spacial score (nSPS) is 18.1. The van der Waals surface area contributed by atoms with Crippen LogP contribution in [0.1, 0.15) is 33.6 Å². The summed E-state index contributed by atoms with van der Waals surface area (Å²) in [5.41, 5.74) is -1.68. The minimum Gasteiger partial charge on any atom is -0.389 e. The van der Waals surface area contributed by atoms with Crippen molar-refractivity contribution in [2.45, 2.75) is 39.2 Å². The van der Waals surface area contributed by atoms with Crippen molar-refractivity contribution >= 4 is 5.91 Å². The van der Waals surface area contributed by atoms with Crippen LogP contribution in [-0.4, -0.2) is 34.6 Å². The quantitative estimate of drug-likeness (QED) is 0.750. The third-order valence-corrected chi connectivity index (χ3v) is 2.62. The molecule has 1 aliphatic rings. The maximum Gasteiger partial charge on any atom is 0.243 e. The molecule has 0 aromatic heterocycles. The highest BCUT2D eigenvalue weighted by Crippen LogP contribution is 2.46. The van der Waals surface area contributed by atoms with Gasteiger partial charge in [0.15, 0.2) is 0 Å². The van der Waals surface area contributed by atoms with Crippen molar-refractivity contribution in [3.05, 3.63) is 0 Å². The second-order valence-corrected chi connectivity index (χ2v) is 4.83. The first-order chi connectivity index (χ1) is 6.84. The predicted molar refractivity (Wildman–Crippen MR) is 55.8 cm³/mol. The Kier molecular flexibility index (Phi) is 3.05. The lowest BCUT2D eigenvalue weighted by molar-refractivity contribution is -0.137. The molecule has 0 aromatic carbocycles. The van der Waals surface area contributed by atoms with E-state index in [1.54, 1.807) is 18.7 Å². The number of amides is 1. The van der Waals surface area contributed by atoms with E-state index in [4.69, 9.17) is 5.26 Å². The highest BCUT2D eigenvalue weighted by molar-refractivity contribution is 5.88. The first kappa shape index (κ1) is 12.0. The van der Waals surface area contributed by atoms with Crippen LogP contribution in [0.15, 0.2) is 0 Å². The predicted octanol–water partition coefficient (Wildman–Crippen LogP) is 0.910. The van der Waals surface area contributed by atoms with Crippen LogP contribution in [-0.2, 0) is 4.79 Å². The van der Waals surface area contributed by atoms with E-state index in [9.17, 15) is 9.90 Å². The first-order valence-corrected chi connectivity index (χ1v) is 5.28. The van der Waals surface area contributed by atoms with E-state index < -0.39 is 11.0 Å². The molecule has 1 rings (SSSR count). The van der Waals surface area contributed by atoms with Crippen molar-refractivity contribution < 1.29 is 9.90 Å². The Balaban J connectivity index is 2.68. The van der Waals surface area contributed by atoms with Gasteiger partial charge in [0.1, 0.15) is 5.41 Å². The van der Waals surface area contributed by atoms with Crippen LogP contribution < -0.4 is 0 Å². The number of carbonyl (C=O) groups excluding carboxylic acids is 1. The van der Waals surface area contributed by atoms with E-state index in [1.807, 2.05) is 6.92 Å². The number of nitriles is 1. The maximum atomic E-state index is 12.0. The molecule has 4 heteroatoms. The number of likely N-dealkylation sites (N-methyl/N-ethyl adjacent to an activating group) is 1. The van der Waals surface area contributed by atoms with Gasteiger partial charge in [0, 0.05) is 13.1 Å². The van der Waals surface area contributed by atoms with Gasteiger partial charge in [-0.15, -0.1) is 0 Å². The van der Waals surface area contributed by atoms with Crippen LogP contribution in [0.2, 0.25) is 0 Å². The molecule has 15 heavy (non-hydrogen) atoms. The van der Waals surface area contributed by atoms with Crippen LogP contribution in [0.25, 0.3) is 0 Å². The molecule has 0 heterocycles. The summed E-state index contributed by atoms with van der Waals surface area (Å²) in [6, 6.07) is 2.08. The molecule has 1 fully saturated rings. The van der Waals surface area contributed by atoms with Crippen molar-refractivity contribution in [3.8, 4) is 6.07 Å². The summed E-state index contributed by atoms with van der Waals surface area (Å²) in [6.07, 6.45) is 1.31. The van der Waals surface area contributed by atoms with Crippen molar-refractivity contribution in [2.24, 2.45) is 5.41 Å². The first-order valence-electron chi connectivity index (χ1n) is 5.28. The summed E-state index contributed by atoms with van der Waals surface area (Å²) in [4.78, 5) is 13.5. The highest BCUT2D eigenvalue weighted by Gasteiger charge is 2.52. The number of aliphatic hydroxyl groups is 1. The van der Waals surface area contributed by atoms with Crippen molar-refractivity contribution in [2.75, 3.05) is 13.1 Å². The molecule has 0 spiro atoms. The Bertz CT molecular complexity index is 295. The van der Waals surface area contributed by atoms with E-state index >= 15 is 0 Å². The third-order valence-electron chi connectivity index (χ3n) is 2.62. The van der Waals surface area contributed by atoms with E-state index in [2.05, 4.69) is 6.07 Å². The number of rotatable bonds is 4. The summed E-state index contributed by atoms with van der Waals surface area (Å²) >= 11 is 0. The minimum absolute atomic E-state index is 0.130. The molecule has 0 unspecified atom stereocenters. The van der Waals surface area contributed by atoms with E-state index in [1.165, 1.54) is 0 Å². The summed E-state index contributed by atoms with van der Waals surface area (Å²) in [6.45, 7) is 6.00. The van der Waals surface area contributed by atoms with Gasteiger partial charge in [0.25, 0.3) is 0 Å². The topological polar surface area (TPSA) is 64.3 Å². The van der Waals surface area contributed by atoms with Crippen molar-refractivity contribution in [1.82, 2.24) is 4.90 Å². The number of carbonyl (C=O) groups is 1. The fraction of sp³-hybridized carbons (Fsp3) is 0.818. The van der Waals surface area contributed by atoms with Crippen molar-refractivity contribution in [3.63, 3.8) is 0 Å². The SMILES string of the molecule is CCN(CC(C)(C)O)C(=O)C1(C#N)CC1. The summed E-state index contributed by atoms with van der Waals surface area (Å²) < 4.78 is 0. The Morgan fingerprint density at radius 3 is 2.40 bits per heavy atom. The molecule has 1 saturated carbocycles. The number of nitrogens with zero attached hydrogens (tertiary/aromatic N) is 2. The van der Waals surface area contributed by atoms with Crippen LogP contribution >= 0.6 is 0 Å². The van der Waals surface area contributed by atoms with Gasteiger partial charge in [0.2, 0.25) is 5.91 Å². The Morgan fingerprint density at radius 2 is 2.13 bits per heavy atom. The zero-order valence-corrected chi connectivity index (χ0v) is 9.58. The molecular weight excluding hydrogens is 192 g/mol. The second kappa shape index (κ2) is 3.82. The van der Waals surface area contributed by atoms with Crippen LogP contribution in [0.4, 0.5) is 0 Å². The molecule has 0 atom stereocenters. The van der Waals surface area contributed by atoms with Gasteiger partial charge in [-0.05, 0) is 33.6 Å². The van der Waals surface area contributed by atoms with Gasteiger partial charge in [-0.25, -0.2) is 0 Å². The lowest BCUT2D eigenvalue weighted by Gasteiger charge is -2.29. The Hall–Kier alpha value is -1.08. The lowest BCUT2D eigenvalue weighted by Crippen LogP contribution is -2.45. The summed E-state index contributed by atoms with van der Waals surface area (Å²) in [5.74, 6) is -0.130. The molecule has 0 bridgehead atoms. The zero-order valence-electron chi connectivity index (χ0n) is 9.58. The van der Waals surface area contributed by atoms with Gasteiger partial charge in [-0.1, -0.05) is 0 Å². The fourth-order valence-electron chi connectivity index (χ4n) is 1.60. The largest absolute Gasteiger partial charge is 0.389 e. The van der Waals surface area contributed by atoms with Gasteiger partial charge < -0.3 is 10.0 Å². The molecule has 0 aliphatic heterocycles. The molecule has 0 aromatic rings. The molecule has 84 valence electrons. The van der Waals surface area contributed by atoms with E-state index in [-0.39, 0.29) is 12.5 Å². The Morgan fingerprint density at radius 1 is 1.60 bits per heavy atom. The molecule has 0 radical (unpaired) electrons. The zero-order chi connectivity index (χ0) is 11.7. The molecule has 1 amide bonds. The van der Waals surface area contributed by atoms with Crippen LogP contribution in [0.3, 0.4) is 0 Å². The molecule has 1 aliphatic carbocycles. The van der Waals surface area contributed by atoms with Gasteiger partial charge in [0.05, 0.1) is 11.7 Å². The lowest BCUT2D eigenvalue weighted by atomic mass is 10.0. The van der Waals surface area contributed by atoms with Crippen LogP contribution in [0.5, 0.6) is 0 Å². The Labute approximate surface area is 90.5 Å². The third kappa shape index (κ3) is 2.69. The maximum absolute atomic E-state index is 12.0. The number of hydrogen-bond donors (Lipinski definition) is 1. The highest BCUT2D eigenvalue weighted by atomic mass is 16.3. The van der Waals surface area contributed by atoms with E-state index in [0.29, 0.717) is 19.4 Å². The average Bonchev–Trinajstić information content (AvgIpc) is 2.92. The monoisotopic (exact) mass is 210 g/mol. The summed E-state index contributed by atoms with van der Waals surface area (Å²) in [7, 11) is 0. The summed E-state index contributed by atoms with van der Waals surface area (Å²) in [5, 5.41) is 18.6. The smallest absolute Gasteiger partial charge is 0.243 e. The fourth-order valence-corrected chi connectivity index (χ4v) is 1.60. The molecule has 4 nitrogen and oxygen atoms in total. The standard InChI is InChI=1S/C11H18N2O2/c1-4-13(8-10(2,3)15)9(14)11(7-12)5-6-11/h15H,4-6,8H2,1-3H3. The average molecular weight is 210 g/mol. The van der Waals surface area contributed by atoms with Crippen LogP contribution in [0, 0.1) is 16.7 Å². The van der Waals surface area contributed by atoms with Gasteiger partial charge in [-0.3, -0.25) is 4.79 Å². The molecule has 0 saturated heterocycles. The van der Waals surface area contributed by atoms with E-state index in [0.717, 1.165) is 0 Å². The molecule has 1 N–H and O–H groups in total.